The number of benzene rings is 3. The predicted octanol–water partition coefficient (Wildman–Crippen LogP) is 3.83. The van der Waals surface area contributed by atoms with E-state index in [1.807, 2.05) is 30.3 Å². The highest BCUT2D eigenvalue weighted by Gasteiger charge is 2.19. The molecule has 0 radical (unpaired) electrons. The Kier molecular flexibility index (Phi) is 5.60. The summed E-state index contributed by atoms with van der Waals surface area (Å²) in [6, 6.07) is 19.1. The van der Waals surface area contributed by atoms with Crippen LogP contribution in [0, 0.1) is 0 Å². The van der Waals surface area contributed by atoms with Crippen LogP contribution in [0.2, 0.25) is 0 Å². The molecule has 146 valence electrons. The summed E-state index contributed by atoms with van der Waals surface area (Å²) in [5.74, 6) is 0.685. The molecule has 0 unspecified atom stereocenters. The normalized spacial score (nSPS) is 10.9. The maximum Gasteiger partial charge on any atom is 0.261 e. The van der Waals surface area contributed by atoms with Gasteiger partial charge in [0.1, 0.15) is 5.69 Å². The summed E-state index contributed by atoms with van der Waals surface area (Å²) < 4.78 is 38.3. The van der Waals surface area contributed by atoms with Gasteiger partial charge in [0.25, 0.3) is 10.0 Å². The van der Waals surface area contributed by atoms with Crippen molar-refractivity contribution in [2.75, 3.05) is 30.0 Å². The summed E-state index contributed by atoms with van der Waals surface area (Å²) in [7, 11) is -0.910. The van der Waals surface area contributed by atoms with Gasteiger partial charge in [-0.25, -0.2) is 8.42 Å². The van der Waals surface area contributed by atoms with Crippen molar-refractivity contribution in [2.45, 2.75) is 4.90 Å². The van der Waals surface area contributed by atoms with Crippen molar-refractivity contribution in [2.24, 2.45) is 0 Å². The number of hydrogen-bond acceptors (Lipinski definition) is 6. The fourth-order valence-electron chi connectivity index (χ4n) is 2.65. The molecule has 0 heterocycles. The van der Waals surface area contributed by atoms with E-state index in [0.717, 1.165) is 11.4 Å². The summed E-state index contributed by atoms with van der Waals surface area (Å²) in [5, 5.41) is 3.20. The fraction of sp³-hybridized carbons (Fsp3) is 0.100. The molecule has 0 atom stereocenters. The fourth-order valence-corrected chi connectivity index (χ4v) is 3.73. The van der Waals surface area contributed by atoms with E-state index >= 15 is 0 Å². The molecule has 0 fully saturated rings. The van der Waals surface area contributed by atoms with Crippen LogP contribution in [0.1, 0.15) is 0 Å². The lowest BCUT2D eigenvalue weighted by molar-refractivity contribution is 0.357. The molecule has 3 rings (SSSR count). The van der Waals surface area contributed by atoms with Crippen LogP contribution in [0.5, 0.6) is 11.5 Å². The van der Waals surface area contributed by atoms with E-state index in [1.165, 1.54) is 32.4 Å². The first-order valence-corrected chi connectivity index (χ1v) is 9.88. The van der Waals surface area contributed by atoms with Crippen molar-refractivity contribution in [1.82, 2.24) is 0 Å². The topological polar surface area (TPSA) is 103 Å². The third-order valence-electron chi connectivity index (χ3n) is 4.06. The van der Waals surface area contributed by atoms with Crippen molar-refractivity contribution < 1.29 is 17.9 Å². The first kappa shape index (κ1) is 19.4. The number of nitrogen functional groups attached to an aromatic ring is 1. The van der Waals surface area contributed by atoms with Crippen LogP contribution < -0.4 is 25.2 Å². The van der Waals surface area contributed by atoms with Gasteiger partial charge < -0.3 is 20.5 Å². The molecule has 0 aliphatic carbocycles. The molecule has 0 bridgehead atoms. The van der Waals surface area contributed by atoms with Gasteiger partial charge in [-0.05, 0) is 48.5 Å². The number of para-hydroxylation sites is 1. The molecule has 3 aromatic carbocycles. The van der Waals surface area contributed by atoms with Gasteiger partial charge in [-0.15, -0.1) is 0 Å². The Balaban J connectivity index is 1.82. The maximum absolute atomic E-state index is 12.7. The van der Waals surface area contributed by atoms with Crippen LogP contribution >= 0.6 is 0 Å². The lowest BCUT2D eigenvalue weighted by Crippen LogP contribution is -2.14. The summed E-state index contributed by atoms with van der Waals surface area (Å²) in [6.07, 6.45) is 0. The van der Waals surface area contributed by atoms with Gasteiger partial charge in [0.2, 0.25) is 0 Å². The van der Waals surface area contributed by atoms with Crippen molar-refractivity contribution in [3.8, 4) is 11.5 Å². The smallest absolute Gasteiger partial charge is 0.261 e. The molecule has 7 nitrogen and oxygen atoms in total. The van der Waals surface area contributed by atoms with E-state index in [1.54, 1.807) is 18.2 Å². The number of nitrogens with two attached hydrogens (primary N) is 1. The zero-order chi connectivity index (χ0) is 20.1. The van der Waals surface area contributed by atoms with E-state index < -0.39 is 10.0 Å². The van der Waals surface area contributed by atoms with Crippen LogP contribution in [0.25, 0.3) is 0 Å². The second-order valence-corrected chi connectivity index (χ2v) is 7.57. The van der Waals surface area contributed by atoms with Crippen LogP contribution in [-0.2, 0) is 10.0 Å². The van der Waals surface area contributed by atoms with Gasteiger partial charge in [-0.2, -0.15) is 0 Å². The van der Waals surface area contributed by atoms with E-state index in [4.69, 9.17) is 15.2 Å². The molecule has 28 heavy (non-hydrogen) atoms. The first-order chi connectivity index (χ1) is 13.4. The lowest BCUT2D eigenvalue weighted by atomic mass is 10.2. The molecular weight excluding hydrogens is 378 g/mol. The molecule has 0 aromatic heterocycles. The highest BCUT2D eigenvalue weighted by Crippen LogP contribution is 2.39. The molecular formula is C20H21N3O4S. The molecule has 0 aliphatic rings. The Morgan fingerprint density at radius 2 is 1.46 bits per heavy atom. The van der Waals surface area contributed by atoms with Crippen molar-refractivity contribution in [3.63, 3.8) is 0 Å². The van der Waals surface area contributed by atoms with Crippen LogP contribution in [-0.4, -0.2) is 22.6 Å². The van der Waals surface area contributed by atoms with Gasteiger partial charge in [-0.3, -0.25) is 4.72 Å². The molecule has 3 aromatic rings. The minimum atomic E-state index is -3.82. The largest absolute Gasteiger partial charge is 0.493 e. The molecule has 0 saturated carbocycles. The quantitative estimate of drug-likeness (QED) is 0.522. The SMILES string of the molecule is COc1ccc(NS(=O)(=O)c2ccc(Nc3ccccc3)cc2)c(N)c1OC. The number of rotatable bonds is 7. The number of methoxy groups -OCH3 is 2. The zero-order valence-electron chi connectivity index (χ0n) is 15.5. The molecule has 0 amide bonds. The molecule has 0 spiro atoms. The van der Waals surface area contributed by atoms with Crippen LogP contribution in [0.3, 0.4) is 0 Å². The minimum absolute atomic E-state index is 0.111. The highest BCUT2D eigenvalue weighted by molar-refractivity contribution is 7.92. The van der Waals surface area contributed by atoms with Crippen molar-refractivity contribution >= 4 is 32.8 Å². The Hall–Kier alpha value is -3.39. The van der Waals surface area contributed by atoms with E-state index in [0.29, 0.717) is 5.75 Å². The molecule has 4 N–H and O–H groups in total. The van der Waals surface area contributed by atoms with E-state index in [9.17, 15) is 8.42 Å². The van der Waals surface area contributed by atoms with E-state index in [-0.39, 0.29) is 22.0 Å². The van der Waals surface area contributed by atoms with Gasteiger partial charge in [-0.1, -0.05) is 18.2 Å². The standard InChI is InChI=1S/C20H21N3O4S/c1-26-18-13-12-17(19(21)20(18)27-2)23-28(24,25)16-10-8-15(9-11-16)22-14-6-4-3-5-7-14/h3-13,22-23H,21H2,1-2H3. The van der Waals surface area contributed by atoms with Gasteiger partial charge in [0.15, 0.2) is 11.5 Å². The number of hydrogen-bond donors (Lipinski definition) is 3. The highest BCUT2D eigenvalue weighted by atomic mass is 32.2. The second kappa shape index (κ2) is 8.10. The van der Waals surface area contributed by atoms with Crippen LogP contribution in [0.15, 0.2) is 71.6 Å². The van der Waals surface area contributed by atoms with Crippen LogP contribution in [0.4, 0.5) is 22.7 Å². The monoisotopic (exact) mass is 399 g/mol. The summed E-state index contributed by atoms with van der Waals surface area (Å²) in [4.78, 5) is 0.111. The number of ether oxygens (including phenoxy) is 2. The lowest BCUT2D eigenvalue weighted by Gasteiger charge is -2.15. The zero-order valence-corrected chi connectivity index (χ0v) is 16.3. The first-order valence-electron chi connectivity index (χ1n) is 8.40. The molecule has 8 heteroatoms. The summed E-state index contributed by atoms with van der Waals surface area (Å²) in [5.41, 5.74) is 8.07. The van der Waals surface area contributed by atoms with Gasteiger partial charge >= 0.3 is 0 Å². The summed E-state index contributed by atoms with van der Waals surface area (Å²) in [6.45, 7) is 0. The average molecular weight is 399 g/mol. The summed E-state index contributed by atoms with van der Waals surface area (Å²) >= 11 is 0. The molecule has 0 aliphatic heterocycles. The Bertz CT molecular complexity index is 1050. The average Bonchev–Trinajstić information content (AvgIpc) is 2.70. The third kappa shape index (κ3) is 4.12. The number of sulfonamides is 1. The Morgan fingerprint density at radius 1 is 0.821 bits per heavy atom. The number of anilines is 4. The van der Waals surface area contributed by atoms with E-state index in [2.05, 4.69) is 10.0 Å². The van der Waals surface area contributed by atoms with Gasteiger partial charge in [0.05, 0.1) is 24.8 Å². The number of nitrogens with one attached hydrogen (secondary N) is 2. The minimum Gasteiger partial charge on any atom is -0.493 e. The van der Waals surface area contributed by atoms with Crippen molar-refractivity contribution in [1.29, 1.82) is 0 Å². The Labute approximate surface area is 164 Å². The predicted molar refractivity (Wildman–Crippen MR) is 111 cm³/mol. The van der Waals surface area contributed by atoms with Gasteiger partial charge in [0, 0.05) is 11.4 Å². The molecule has 0 saturated heterocycles. The van der Waals surface area contributed by atoms with Crippen molar-refractivity contribution in [3.05, 3.63) is 66.7 Å². The Morgan fingerprint density at radius 3 is 2.07 bits per heavy atom. The third-order valence-corrected chi connectivity index (χ3v) is 5.44. The second-order valence-electron chi connectivity index (χ2n) is 5.88. The maximum atomic E-state index is 12.7.